The molecule has 2 amide bonds. The van der Waals surface area contributed by atoms with Crippen LogP contribution in [-0.2, 0) is 9.59 Å². The van der Waals surface area contributed by atoms with Gasteiger partial charge in [0.15, 0.2) is 11.5 Å². The number of hydrogen-bond acceptors (Lipinski definition) is 5. The van der Waals surface area contributed by atoms with E-state index in [9.17, 15) is 9.59 Å². The third kappa shape index (κ3) is 3.91. The number of amides is 2. The SMILES string of the molecule is C[C@H](NC(=O)[C@H]1CC(=O)N(c2ccc3c(c2)OCCO3)C1)c1ccc(-n2ccnc2)cc1. The fraction of sp³-hybridized carbons (Fsp3) is 0.292. The minimum absolute atomic E-state index is 0.0702. The maximum Gasteiger partial charge on any atom is 0.227 e. The first-order valence-corrected chi connectivity index (χ1v) is 10.7. The molecular formula is C24H24N4O4. The van der Waals surface area contributed by atoms with Gasteiger partial charge in [0.05, 0.1) is 18.3 Å². The zero-order valence-electron chi connectivity index (χ0n) is 17.7. The van der Waals surface area contributed by atoms with Crippen molar-refractivity contribution < 1.29 is 19.1 Å². The highest BCUT2D eigenvalue weighted by Gasteiger charge is 2.36. The average Bonchev–Trinajstić information content (AvgIpc) is 3.49. The van der Waals surface area contributed by atoms with Gasteiger partial charge in [-0.05, 0) is 36.8 Å². The molecule has 8 heteroatoms. The highest BCUT2D eigenvalue weighted by molar-refractivity contribution is 6.00. The van der Waals surface area contributed by atoms with Crippen molar-refractivity contribution in [1.29, 1.82) is 0 Å². The lowest BCUT2D eigenvalue weighted by Crippen LogP contribution is -2.34. The predicted molar refractivity (Wildman–Crippen MR) is 118 cm³/mol. The Morgan fingerprint density at radius 2 is 1.84 bits per heavy atom. The molecule has 0 bridgehead atoms. The summed E-state index contributed by atoms with van der Waals surface area (Å²) in [5.41, 5.74) is 2.72. The number of ether oxygens (including phenoxy) is 2. The van der Waals surface area contributed by atoms with Crippen LogP contribution in [-0.4, -0.2) is 41.1 Å². The van der Waals surface area contributed by atoms with Crippen molar-refractivity contribution in [2.45, 2.75) is 19.4 Å². The molecular weight excluding hydrogens is 408 g/mol. The van der Waals surface area contributed by atoms with Gasteiger partial charge in [0, 0.05) is 42.8 Å². The normalized spacial score (nSPS) is 18.5. The van der Waals surface area contributed by atoms with E-state index in [-0.39, 0.29) is 24.3 Å². The first-order chi connectivity index (χ1) is 15.6. The van der Waals surface area contributed by atoms with Crippen molar-refractivity contribution in [1.82, 2.24) is 14.9 Å². The number of rotatable bonds is 5. The number of benzene rings is 2. The van der Waals surface area contributed by atoms with Gasteiger partial charge >= 0.3 is 0 Å². The Balaban J connectivity index is 1.23. The molecule has 2 aliphatic heterocycles. The summed E-state index contributed by atoms with van der Waals surface area (Å²) in [7, 11) is 0. The third-order valence-electron chi connectivity index (χ3n) is 5.89. The fourth-order valence-electron chi connectivity index (χ4n) is 4.09. The molecule has 5 rings (SSSR count). The summed E-state index contributed by atoms with van der Waals surface area (Å²) in [6.45, 7) is 3.29. The molecule has 1 N–H and O–H groups in total. The van der Waals surface area contributed by atoms with Crippen molar-refractivity contribution in [3.05, 3.63) is 66.7 Å². The van der Waals surface area contributed by atoms with E-state index in [1.807, 2.05) is 48.0 Å². The molecule has 2 atom stereocenters. The smallest absolute Gasteiger partial charge is 0.227 e. The van der Waals surface area contributed by atoms with E-state index < -0.39 is 5.92 Å². The molecule has 32 heavy (non-hydrogen) atoms. The number of aromatic nitrogens is 2. The molecule has 1 aromatic heterocycles. The molecule has 1 fully saturated rings. The highest BCUT2D eigenvalue weighted by Crippen LogP contribution is 2.36. The molecule has 0 saturated carbocycles. The molecule has 0 spiro atoms. The van der Waals surface area contributed by atoms with E-state index in [0.29, 0.717) is 31.3 Å². The van der Waals surface area contributed by atoms with Gasteiger partial charge in [-0.1, -0.05) is 12.1 Å². The van der Waals surface area contributed by atoms with Crippen molar-refractivity contribution in [2.24, 2.45) is 5.92 Å². The second-order valence-electron chi connectivity index (χ2n) is 8.03. The maximum atomic E-state index is 12.9. The minimum atomic E-state index is -0.400. The average molecular weight is 432 g/mol. The van der Waals surface area contributed by atoms with Crippen LogP contribution in [0.2, 0.25) is 0 Å². The number of carbonyl (C=O) groups is 2. The van der Waals surface area contributed by atoms with E-state index >= 15 is 0 Å². The zero-order valence-corrected chi connectivity index (χ0v) is 17.7. The summed E-state index contributed by atoms with van der Waals surface area (Å²) < 4.78 is 13.1. The number of imidazole rings is 1. The monoisotopic (exact) mass is 432 g/mol. The second kappa shape index (κ2) is 8.37. The summed E-state index contributed by atoms with van der Waals surface area (Å²) in [6.07, 6.45) is 5.54. The Hall–Kier alpha value is -3.81. The molecule has 3 aromatic rings. The Kier molecular flexibility index (Phi) is 5.26. The van der Waals surface area contributed by atoms with Crippen LogP contribution in [0, 0.1) is 5.92 Å². The second-order valence-corrected chi connectivity index (χ2v) is 8.03. The molecule has 164 valence electrons. The van der Waals surface area contributed by atoms with Crippen LogP contribution >= 0.6 is 0 Å². The van der Waals surface area contributed by atoms with E-state index in [4.69, 9.17) is 9.47 Å². The van der Waals surface area contributed by atoms with Crippen molar-refractivity contribution in [2.75, 3.05) is 24.7 Å². The first-order valence-electron chi connectivity index (χ1n) is 10.7. The minimum Gasteiger partial charge on any atom is -0.486 e. The molecule has 0 aliphatic carbocycles. The van der Waals surface area contributed by atoms with E-state index in [1.54, 1.807) is 29.6 Å². The number of anilines is 1. The third-order valence-corrected chi connectivity index (χ3v) is 5.89. The Morgan fingerprint density at radius 3 is 2.59 bits per heavy atom. The standard InChI is InChI=1S/C24H24N4O4/c1-16(17-2-4-19(5-3-17)27-9-8-25-15-27)26-24(30)18-12-23(29)28(14-18)20-6-7-21-22(13-20)32-11-10-31-21/h2-9,13,15-16,18H,10-12,14H2,1H3,(H,26,30)/t16-,18-/m0/s1. The molecule has 2 aromatic carbocycles. The number of nitrogens with one attached hydrogen (secondary N) is 1. The van der Waals surface area contributed by atoms with Crippen molar-refractivity contribution in [3.63, 3.8) is 0 Å². The lowest BCUT2D eigenvalue weighted by molar-refractivity contribution is -0.126. The Bertz CT molecular complexity index is 1130. The van der Waals surface area contributed by atoms with Crippen LogP contribution in [0.4, 0.5) is 5.69 Å². The number of hydrogen-bond donors (Lipinski definition) is 1. The summed E-state index contributed by atoms with van der Waals surface area (Å²) >= 11 is 0. The van der Waals surface area contributed by atoms with E-state index in [2.05, 4.69) is 10.3 Å². The number of nitrogens with zero attached hydrogens (tertiary/aromatic N) is 3. The molecule has 0 unspecified atom stereocenters. The quantitative estimate of drug-likeness (QED) is 0.670. The van der Waals surface area contributed by atoms with Crippen molar-refractivity contribution in [3.8, 4) is 17.2 Å². The molecule has 2 aliphatic rings. The predicted octanol–water partition coefficient (Wildman–Crippen LogP) is 2.87. The summed E-state index contributed by atoms with van der Waals surface area (Å²) in [4.78, 5) is 31.2. The highest BCUT2D eigenvalue weighted by atomic mass is 16.6. The lowest BCUT2D eigenvalue weighted by atomic mass is 10.0. The molecule has 3 heterocycles. The largest absolute Gasteiger partial charge is 0.486 e. The van der Waals surface area contributed by atoms with Crippen LogP contribution < -0.4 is 19.7 Å². The molecule has 0 radical (unpaired) electrons. The van der Waals surface area contributed by atoms with Crippen LogP contribution in [0.1, 0.15) is 24.9 Å². The van der Waals surface area contributed by atoms with Gasteiger partial charge in [-0.2, -0.15) is 0 Å². The van der Waals surface area contributed by atoms with Crippen LogP contribution in [0.5, 0.6) is 11.5 Å². The Labute approximate surface area is 185 Å². The van der Waals surface area contributed by atoms with Gasteiger partial charge in [-0.3, -0.25) is 9.59 Å². The fourth-order valence-corrected chi connectivity index (χ4v) is 4.09. The van der Waals surface area contributed by atoms with E-state index in [0.717, 1.165) is 16.9 Å². The summed E-state index contributed by atoms with van der Waals surface area (Å²) in [5, 5.41) is 3.05. The number of fused-ring (bicyclic) bond motifs is 1. The van der Waals surface area contributed by atoms with Gasteiger partial charge in [0.2, 0.25) is 11.8 Å². The van der Waals surface area contributed by atoms with Crippen LogP contribution in [0.25, 0.3) is 5.69 Å². The topological polar surface area (TPSA) is 85.7 Å². The van der Waals surface area contributed by atoms with Gasteiger partial charge in [-0.15, -0.1) is 0 Å². The number of carbonyl (C=O) groups excluding carboxylic acids is 2. The van der Waals surface area contributed by atoms with E-state index in [1.165, 1.54) is 0 Å². The molecule has 1 saturated heterocycles. The zero-order chi connectivity index (χ0) is 22.1. The van der Waals surface area contributed by atoms with Crippen LogP contribution in [0.15, 0.2) is 61.2 Å². The van der Waals surface area contributed by atoms with Crippen molar-refractivity contribution >= 4 is 17.5 Å². The first kappa shape index (κ1) is 20.1. The van der Waals surface area contributed by atoms with Gasteiger partial charge in [0.1, 0.15) is 13.2 Å². The Morgan fingerprint density at radius 1 is 1.09 bits per heavy atom. The van der Waals surface area contributed by atoms with Gasteiger partial charge in [-0.25, -0.2) is 4.98 Å². The van der Waals surface area contributed by atoms with Crippen LogP contribution in [0.3, 0.4) is 0 Å². The van der Waals surface area contributed by atoms with Gasteiger partial charge < -0.3 is 24.3 Å². The lowest BCUT2D eigenvalue weighted by Gasteiger charge is -2.22. The summed E-state index contributed by atoms with van der Waals surface area (Å²) in [6, 6.07) is 13.2. The van der Waals surface area contributed by atoms with Gasteiger partial charge in [0.25, 0.3) is 0 Å². The maximum absolute atomic E-state index is 12.9. The molecule has 8 nitrogen and oxygen atoms in total. The summed E-state index contributed by atoms with van der Waals surface area (Å²) in [5.74, 6) is 0.711.